The van der Waals surface area contributed by atoms with Crippen LogP contribution in [0.25, 0.3) is 0 Å². The highest BCUT2D eigenvalue weighted by Gasteiger charge is 2.23. The Bertz CT molecular complexity index is 714. The van der Waals surface area contributed by atoms with Gasteiger partial charge in [-0.25, -0.2) is 0 Å². The van der Waals surface area contributed by atoms with Gasteiger partial charge in [-0.1, -0.05) is 59.8 Å². The van der Waals surface area contributed by atoms with Gasteiger partial charge >= 0.3 is 0 Å². The molecule has 1 atom stereocenters. The summed E-state index contributed by atoms with van der Waals surface area (Å²) >= 11 is 0. The van der Waals surface area contributed by atoms with E-state index in [1.165, 1.54) is 16.7 Å². The number of amidine groups is 1. The summed E-state index contributed by atoms with van der Waals surface area (Å²) in [7, 11) is 0. The van der Waals surface area contributed by atoms with E-state index in [2.05, 4.69) is 63.9 Å². The quantitative estimate of drug-likeness (QED) is 0.940. The molecule has 2 aromatic rings. The van der Waals surface area contributed by atoms with Gasteiger partial charge in [0.2, 0.25) is 0 Å². The number of oxime groups is 1. The molecule has 2 aliphatic rings. The lowest BCUT2D eigenvalue weighted by Crippen LogP contribution is -2.46. The van der Waals surface area contributed by atoms with Gasteiger partial charge in [0.1, 0.15) is 5.84 Å². The Morgan fingerprint density at radius 1 is 1.04 bits per heavy atom. The summed E-state index contributed by atoms with van der Waals surface area (Å²) in [5.41, 5.74) is 4.18. The highest BCUT2D eigenvalue weighted by molar-refractivity contribution is 5.84. The molecule has 0 aromatic heterocycles. The van der Waals surface area contributed by atoms with Crippen LogP contribution in [0.2, 0.25) is 0 Å². The predicted molar refractivity (Wildman–Crippen MR) is 95.9 cm³/mol. The average Bonchev–Trinajstić information content (AvgIpc) is 2.64. The molecule has 0 radical (unpaired) electrons. The first-order valence-corrected chi connectivity index (χ1v) is 8.66. The normalized spacial score (nSPS) is 20.5. The van der Waals surface area contributed by atoms with Gasteiger partial charge in [-0.05, 0) is 23.1 Å². The highest BCUT2D eigenvalue weighted by atomic mass is 16.6. The first kappa shape index (κ1) is 15.2. The Kier molecular flexibility index (Phi) is 4.47. The summed E-state index contributed by atoms with van der Waals surface area (Å²) in [5, 5.41) is 7.72. The maximum Gasteiger partial charge on any atom is 0.157 e. The van der Waals surface area contributed by atoms with Crippen molar-refractivity contribution in [1.29, 1.82) is 0 Å². The van der Waals surface area contributed by atoms with E-state index in [0.717, 1.165) is 44.9 Å². The van der Waals surface area contributed by atoms with Crippen molar-refractivity contribution < 1.29 is 4.84 Å². The van der Waals surface area contributed by atoms with Crippen LogP contribution in [0.15, 0.2) is 59.8 Å². The van der Waals surface area contributed by atoms with Gasteiger partial charge in [-0.15, -0.1) is 0 Å². The predicted octanol–water partition coefficient (Wildman–Crippen LogP) is 2.59. The third-order valence-corrected chi connectivity index (χ3v) is 4.73. The van der Waals surface area contributed by atoms with Crippen LogP contribution in [0.4, 0.5) is 0 Å². The van der Waals surface area contributed by atoms with Gasteiger partial charge in [0, 0.05) is 26.1 Å². The van der Waals surface area contributed by atoms with Crippen LogP contribution in [0, 0.1) is 0 Å². The van der Waals surface area contributed by atoms with Crippen molar-refractivity contribution in [2.45, 2.75) is 25.5 Å². The second-order valence-corrected chi connectivity index (χ2v) is 6.56. The van der Waals surface area contributed by atoms with E-state index < -0.39 is 0 Å². The van der Waals surface area contributed by atoms with Gasteiger partial charge in [-0.2, -0.15) is 0 Å². The number of nitrogens with zero attached hydrogens (tertiary/aromatic N) is 2. The van der Waals surface area contributed by atoms with Crippen LogP contribution in [0.1, 0.15) is 16.7 Å². The maximum absolute atomic E-state index is 5.74. The van der Waals surface area contributed by atoms with Crippen LogP contribution in [-0.2, 0) is 24.2 Å². The molecule has 0 fully saturated rings. The monoisotopic (exact) mass is 321 g/mol. The van der Waals surface area contributed by atoms with Crippen molar-refractivity contribution in [3.8, 4) is 0 Å². The van der Waals surface area contributed by atoms with Crippen molar-refractivity contribution in [2.24, 2.45) is 5.16 Å². The van der Waals surface area contributed by atoms with Crippen LogP contribution >= 0.6 is 0 Å². The Balaban J connectivity index is 1.30. The van der Waals surface area contributed by atoms with Crippen molar-refractivity contribution in [3.63, 3.8) is 0 Å². The molecule has 1 N–H and O–H groups in total. The molecule has 2 aliphatic heterocycles. The number of benzene rings is 2. The lowest BCUT2D eigenvalue weighted by atomic mass is 10.00. The molecule has 0 spiro atoms. The molecular formula is C20H23N3O. The largest absolute Gasteiger partial charge is 0.388 e. The average molecular weight is 321 g/mol. The SMILES string of the molecule is c1ccc(CC2=NOC(CN3CCc4ccccc4C3)CN2)cc1. The Hall–Kier alpha value is -2.33. The Labute approximate surface area is 143 Å². The molecule has 4 nitrogen and oxygen atoms in total. The minimum Gasteiger partial charge on any atom is -0.388 e. The minimum absolute atomic E-state index is 0.120. The molecule has 0 saturated carbocycles. The summed E-state index contributed by atoms with van der Waals surface area (Å²) in [6.45, 7) is 3.85. The zero-order valence-corrected chi connectivity index (χ0v) is 13.8. The molecule has 0 saturated heterocycles. The van der Waals surface area contributed by atoms with Crippen molar-refractivity contribution in [3.05, 3.63) is 71.3 Å². The van der Waals surface area contributed by atoms with E-state index in [-0.39, 0.29) is 6.10 Å². The fraction of sp³-hybridized carbons (Fsp3) is 0.350. The second-order valence-electron chi connectivity index (χ2n) is 6.56. The first-order chi connectivity index (χ1) is 11.9. The van der Waals surface area contributed by atoms with Gasteiger partial charge < -0.3 is 10.2 Å². The zero-order chi connectivity index (χ0) is 16.2. The van der Waals surface area contributed by atoms with E-state index in [4.69, 9.17) is 4.84 Å². The lowest BCUT2D eigenvalue weighted by Gasteiger charge is -2.32. The molecule has 124 valence electrons. The summed E-state index contributed by atoms with van der Waals surface area (Å²) in [6.07, 6.45) is 2.04. The van der Waals surface area contributed by atoms with Crippen molar-refractivity contribution >= 4 is 5.84 Å². The molecule has 4 heteroatoms. The van der Waals surface area contributed by atoms with E-state index >= 15 is 0 Å². The zero-order valence-electron chi connectivity index (χ0n) is 13.8. The van der Waals surface area contributed by atoms with E-state index in [9.17, 15) is 0 Å². The maximum atomic E-state index is 5.74. The number of hydrogen-bond acceptors (Lipinski definition) is 4. The topological polar surface area (TPSA) is 36.9 Å². The highest BCUT2D eigenvalue weighted by Crippen LogP contribution is 2.19. The molecule has 0 bridgehead atoms. The fourth-order valence-electron chi connectivity index (χ4n) is 3.42. The van der Waals surface area contributed by atoms with Crippen LogP contribution in [0.5, 0.6) is 0 Å². The molecule has 24 heavy (non-hydrogen) atoms. The number of fused-ring (bicyclic) bond motifs is 1. The number of rotatable bonds is 4. The van der Waals surface area contributed by atoms with Crippen molar-refractivity contribution in [1.82, 2.24) is 10.2 Å². The molecule has 1 unspecified atom stereocenters. The lowest BCUT2D eigenvalue weighted by molar-refractivity contribution is 0.0196. The molecule has 2 heterocycles. The third kappa shape index (κ3) is 3.60. The standard InChI is InChI=1S/C20H23N3O/c1-2-6-16(7-3-1)12-20-21-13-19(24-22-20)15-23-11-10-17-8-4-5-9-18(17)14-23/h1-9,19H,10-15H2,(H,21,22). The summed E-state index contributed by atoms with van der Waals surface area (Å²) in [6, 6.07) is 19.1. The van der Waals surface area contributed by atoms with E-state index in [1.54, 1.807) is 0 Å². The molecule has 0 aliphatic carbocycles. The Morgan fingerprint density at radius 2 is 1.83 bits per heavy atom. The molecule has 4 rings (SSSR count). The van der Waals surface area contributed by atoms with Crippen LogP contribution in [-0.4, -0.2) is 36.5 Å². The molecule has 0 amide bonds. The summed E-state index contributed by atoms with van der Waals surface area (Å²) in [5.74, 6) is 0.918. The molecular weight excluding hydrogens is 298 g/mol. The van der Waals surface area contributed by atoms with Gasteiger partial charge in [-0.3, -0.25) is 4.90 Å². The summed E-state index contributed by atoms with van der Waals surface area (Å²) < 4.78 is 0. The van der Waals surface area contributed by atoms with Crippen LogP contribution in [0.3, 0.4) is 0 Å². The van der Waals surface area contributed by atoms with Gasteiger partial charge in [0.25, 0.3) is 0 Å². The van der Waals surface area contributed by atoms with Crippen LogP contribution < -0.4 is 5.32 Å². The first-order valence-electron chi connectivity index (χ1n) is 8.66. The van der Waals surface area contributed by atoms with E-state index in [1.807, 2.05) is 6.07 Å². The van der Waals surface area contributed by atoms with Gasteiger partial charge in [0.05, 0.1) is 6.54 Å². The smallest absolute Gasteiger partial charge is 0.157 e. The van der Waals surface area contributed by atoms with Crippen molar-refractivity contribution in [2.75, 3.05) is 19.6 Å². The fourth-order valence-corrected chi connectivity index (χ4v) is 3.42. The second kappa shape index (κ2) is 7.05. The van der Waals surface area contributed by atoms with E-state index in [0.29, 0.717) is 0 Å². The summed E-state index contributed by atoms with van der Waals surface area (Å²) in [4.78, 5) is 8.20. The third-order valence-electron chi connectivity index (χ3n) is 4.73. The minimum atomic E-state index is 0.120. The number of nitrogens with one attached hydrogen (secondary N) is 1. The molecule has 2 aromatic carbocycles. The number of hydrogen-bond donors (Lipinski definition) is 1. The Morgan fingerprint density at radius 3 is 2.62 bits per heavy atom. The van der Waals surface area contributed by atoms with Gasteiger partial charge in [0.15, 0.2) is 6.10 Å².